The van der Waals surface area contributed by atoms with Gasteiger partial charge in [-0.1, -0.05) is 13.8 Å². The molecule has 5 rings (SSSR count). The number of hydrogen-bond acceptors (Lipinski definition) is 4. The second-order valence-corrected chi connectivity index (χ2v) is 11.9. The zero-order valence-electron chi connectivity index (χ0n) is 19.6. The van der Waals surface area contributed by atoms with E-state index in [0.29, 0.717) is 64.9 Å². The minimum absolute atomic E-state index is 0.0743. The second-order valence-electron chi connectivity index (χ2n) is 10.2. The molecule has 184 valence electrons. The average Bonchev–Trinajstić information content (AvgIpc) is 3.06. The summed E-state index contributed by atoms with van der Waals surface area (Å²) in [5, 5.41) is 3.88. The lowest BCUT2D eigenvalue weighted by Gasteiger charge is -2.31. The number of benzene rings is 2. The summed E-state index contributed by atoms with van der Waals surface area (Å²) in [6, 6.07) is 7.12. The Morgan fingerprint density at radius 2 is 1.86 bits per heavy atom. The third-order valence-corrected chi connectivity index (χ3v) is 8.31. The van der Waals surface area contributed by atoms with Crippen molar-refractivity contribution in [2.45, 2.75) is 45.6 Å². The molecule has 0 spiro atoms. The third kappa shape index (κ3) is 4.26. The van der Waals surface area contributed by atoms with Crippen LogP contribution in [0.25, 0.3) is 22.0 Å². The first kappa shape index (κ1) is 23.7. The number of amides is 1. The van der Waals surface area contributed by atoms with Crippen molar-refractivity contribution in [2.75, 3.05) is 16.8 Å². The molecule has 1 saturated heterocycles. The molecule has 0 radical (unpaired) electrons. The number of aromatic nitrogens is 1. The number of carbonyl (C=O) groups is 2. The van der Waals surface area contributed by atoms with Crippen LogP contribution >= 0.6 is 0 Å². The molecule has 1 fully saturated rings. The average molecular weight is 500 g/mol. The number of fused-ring (bicyclic) bond motifs is 3. The van der Waals surface area contributed by atoms with Crippen LogP contribution in [0.15, 0.2) is 30.3 Å². The molecule has 0 unspecified atom stereocenters. The van der Waals surface area contributed by atoms with Crippen molar-refractivity contribution in [1.82, 2.24) is 4.57 Å². The highest BCUT2D eigenvalue weighted by Crippen LogP contribution is 2.44. The van der Waals surface area contributed by atoms with Gasteiger partial charge in [-0.3, -0.25) is 18.4 Å². The zero-order chi connectivity index (χ0) is 25.1. The molecule has 1 amide bonds. The van der Waals surface area contributed by atoms with Gasteiger partial charge < -0.3 is 11.1 Å². The second kappa shape index (κ2) is 8.55. The number of primary amides is 1. The van der Waals surface area contributed by atoms with Crippen LogP contribution in [-0.4, -0.2) is 38.1 Å². The van der Waals surface area contributed by atoms with Crippen LogP contribution in [0.4, 0.5) is 14.5 Å². The Labute approximate surface area is 204 Å². The van der Waals surface area contributed by atoms with Crippen molar-refractivity contribution in [1.29, 1.82) is 0 Å². The highest BCUT2D eigenvalue weighted by Gasteiger charge is 2.35. The van der Waals surface area contributed by atoms with E-state index in [4.69, 9.17) is 5.73 Å². The summed E-state index contributed by atoms with van der Waals surface area (Å²) in [7, 11) is -0.867. The molecule has 3 aromatic rings. The molecule has 3 N–H and O–H groups in total. The van der Waals surface area contributed by atoms with Crippen LogP contribution in [0.5, 0.6) is 0 Å². The van der Waals surface area contributed by atoms with E-state index >= 15 is 4.39 Å². The standard InChI is InChI=1S/C26H27F2N3O3S/c1-26(2)12-21-23(17-4-3-15(27)11-20(17)31(21)22(32)13-26)14-9-18(28)24(25(29)33)19(10-14)30-16-5-7-35(34)8-6-16/h3-4,9-11,16,30H,5-8,12-13H2,1-2H3,(H2,29,33). The van der Waals surface area contributed by atoms with E-state index < -0.39 is 28.3 Å². The third-order valence-electron chi connectivity index (χ3n) is 6.93. The van der Waals surface area contributed by atoms with Gasteiger partial charge in [0.2, 0.25) is 5.91 Å². The fourth-order valence-electron chi connectivity index (χ4n) is 5.37. The van der Waals surface area contributed by atoms with Crippen LogP contribution in [0, 0.1) is 17.0 Å². The van der Waals surface area contributed by atoms with Gasteiger partial charge in [-0.2, -0.15) is 0 Å². The molecule has 3 heterocycles. The van der Waals surface area contributed by atoms with E-state index in [1.165, 1.54) is 18.2 Å². The lowest BCUT2D eigenvalue weighted by molar-refractivity contribution is 0.0816. The maximum atomic E-state index is 15.4. The van der Waals surface area contributed by atoms with Crippen LogP contribution in [-0.2, 0) is 17.2 Å². The Hall–Kier alpha value is -3.07. The Bertz CT molecular complexity index is 1400. The number of halogens is 2. The number of carbonyl (C=O) groups excluding carboxylic acids is 2. The van der Waals surface area contributed by atoms with E-state index in [9.17, 15) is 18.2 Å². The van der Waals surface area contributed by atoms with Crippen LogP contribution in [0.2, 0.25) is 0 Å². The molecule has 0 bridgehead atoms. The number of anilines is 1. The number of rotatable bonds is 4. The van der Waals surface area contributed by atoms with Gasteiger partial charge in [0.05, 0.1) is 16.8 Å². The van der Waals surface area contributed by atoms with Crippen molar-refractivity contribution in [2.24, 2.45) is 11.1 Å². The quantitative estimate of drug-likeness (QED) is 0.548. The van der Waals surface area contributed by atoms with Gasteiger partial charge in [0.25, 0.3) is 5.91 Å². The van der Waals surface area contributed by atoms with Gasteiger partial charge in [0.1, 0.15) is 11.6 Å². The summed E-state index contributed by atoms with van der Waals surface area (Å²) in [5.74, 6) is -1.19. The molecule has 6 nitrogen and oxygen atoms in total. The Morgan fingerprint density at radius 1 is 1.14 bits per heavy atom. The van der Waals surface area contributed by atoms with Crippen molar-refractivity contribution in [3.63, 3.8) is 0 Å². The van der Waals surface area contributed by atoms with Crippen molar-refractivity contribution < 1.29 is 22.6 Å². The predicted octanol–water partition coefficient (Wildman–Crippen LogP) is 4.62. The molecule has 2 aromatic carbocycles. The number of hydrogen-bond donors (Lipinski definition) is 2. The molecule has 1 aromatic heterocycles. The van der Waals surface area contributed by atoms with Gasteiger partial charge >= 0.3 is 0 Å². The lowest BCUT2D eigenvalue weighted by Crippen LogP contribution is -2.31. The summed E-state index contributed by atoms with van der Waals surface area (Å²) in [6.45, 7) is 3.99. The highest BCUT2D eigenvalue weighted by molar-refractivity contribution is 7.85. The molecule has 2 aliphatic heterocycles. The Balaban J connectivity index is 1.72. The van der Waals surface area contributed by atoms with Crippen molar-refractivity contribution in [3.8, 4) is 11.1 Å². The molecular weight excluding hydrogens is 472 g/mol. The first-order valence-electron chi connectivity index (χ1n) is 11.7. The van der Waals surface area contributed by atoms with Gasteiger partial charge in [-0.25, -0.2) is 8.78 Å². The van der Waals surface area contributed by atoms with E-state index in [1.54, 1.807) is 16.7 Å². The van der Waals surface area contributed by atoms with Crippen LogP contribution in [0.1, 0.15) is 54.0 Å². The number of nitrogens with two attached hydrogens (primary N) is 1. The molecular formula is C26H27F2N3O3S. The van der Waals surface area contributed by atoms with E-state index in [1.807, 2.05) is 13.8 Å². The lowest BCUT2D eigenvalue weighted by atomic mass is 9.80. The minimum Gasteiger partial charge on any atom is -0.381 e. The summed E-state index contributed by atoms with van der Waals surface area (Å²) >= 11 is 0. The van der Waals surface area contributed by atoms with Crippen LogP contribution in [0.3, 0.4) is 0 Å². The largest absolute Gasteiger partial charge is 0.381 e. The topological polar surface area (TPSA) is 94.2 Å². The molecule has 9 heteroatoms. The summed E-state index contributed by atoms with van der Waals surface area (Å²) in [4.78, 5) is 25.3. The molecule has 2 aliphatic rings. The fourth-order valence-corrected chi connectivity index (χ4v) is 6.66. The summed E-state index contributed by atoms with van der Waals surface area (Å²) < 4.78 is 42.9. The van der Waals surface area contributed by atoms with E-state index in [-0.39, 0.29) is 28.6 Å². The monoisotopic (exact) mass is 499 g/mol. The maximum absolute atomic E-state index is 15.4. The fraction of sp³-hybridized carbons (Fsp3) is 0.385. The number of nitrogens with zero attached hydrogens (tertiary/aromatic N) is 1. The molecule has 35 heavy (non-hydrogen) atoms. The van der Waals surface area contributed by atoms with Crippen molar-refractivity contribution >= 4 is 39.2 Å². The van der Waals surface area contributed by atoms with E-state index in [0.717, 1.165) is 0 Å². The maximum Gasteiger partial charge on any atom is 0.253 e. The molecule has 0 saturated carbocycles. The predicted molar refractivity (Wildman–Crippen MR) is 133 cm³/mol. The number of nitrogens with one attached hydrogen (secondary N) is 1. The first-order valence-corrected chi connectivity index (χ1v) is 13.1. The minimum atomic E-state index is -0.891. The van der Waals surface area contributed by atoms with Crippen molar-refractivity contribution in [3.05, 3.63) is 53.2 Å². The SMILES string of the molecule is CC1(C)CC(=O)n2c(c(-c3cc(F)c(C(N)=O)c(NC4CCS(=O)CC4)c3)c3ccc(F)cc32)C1. The zero-order valence-corrected chi connectivity index (χ0v) is 20.4. The Kier molecular flexibility index (Phi) is 5.78. The molecule has 0 atom stereocenters. The van der Waals surface area contributed by atoms with Gasteiger partial charge in [0, 0.05) is 51.4 Å². The first-order chi connectivity index (χ1) is 16.5. The van der Waals surface area contributed by atoms with Gasteiger partial charge in [-0.05, 0) is 60.6 Å². The molecule has 0 aliphatic carbocycles. The summed E-state index contributed by atoms with van der Waals surface area (Å²) in [6.07, 6.45) is 2.11. The van der Waals surface area contributed by atoms with Gasteiger partial charge in [0.15, 0.2) is 0 Å². The normalized spacial score (nSPS) is 21.7. The smallest absolute Gasteiger partial charge is 0.253 e. The van der Waals surface area contributed by atoms with Gasteiger partial charge in [-0.15, -0.1) is 0 Å². The van der Waals surface area contributed by atoms with Crippen LogP contribution < -0.4 is 11.1 Å². The highest BCUT2D eigenvalue weighted by atomic mass is 32.2. The Morgan fingerprint density at radius 3 is 2.54 bits per heavy atom. The van der Waals surface area contributed by atoms with E-state index in [2.05, 4.69) is 5.32 Å². The summed E-state index contributed by atoms with van der Waals surface area (Å²) in [5.41, 5.74) is 7.49.